The van der Waals surface area contributed by atoms with Gasteiger partial charge in [0.05, 0.1) is 17.7 Å². The van der Waals surface area contributed by atoms with Crippen molar-refractivity contribution in [2.24, 2.45) is 5.92 Å². The molecule has 3 fully saturated rings. The number of rotatable bonds is 6. The van der Waals surface area contributed by atoms with Gasteiger partial charge in [-0.3, -0.25) is 9.69 Å². The lowest BCUT2D eigenvalue weighted by atomic mass is 9.77. The number of alkyl halides is 4. The van der Waals surface area contributed by atoms with E-state index in [2.05, 4.69) is 15.1 Å². The van der Waals surface area contributed by atoms with Gasteiger partial charge in [0.25, 0.3) is 0 Å². The number of piperazine rings is 1. The fraction of sp³-hybridized carbons (Fsp3) is 0.548. The summed E-state index contributed by atoms with van der Waals surface area (Å²) in [4.78, 5) is 29.7. The summed E-state index contributed by atoms with van der Waals surface area (Å²) in [6.45, 7) is 4.19. The number of carbonyl (C=O) groups is 2. The molecular formula is C31H34F5N3O4. The first-order valence-corrected chi connectivity index (χ1v) is 14.7. The van der Waals surface area contributed by atoms with Crippen molar-refractivity contribution < 1.29 is 41.4 Å². The Morgan fingerprint density at radius 2 is 1.86 bits per heavy atom. The van der Waals surface area contributed by atoms with Crippen LogP contribution >= 0.6 is 0 Å². The van der Waals surface area contributed by atoms with Crippen LogP contribution in [0.25, 0.3) is 0 Å². The normalized spacial score (nSPS) is 30.1. The Morgan fingerprint density at radius 3 is 2.49 bits per heavy atom. The molecule has 2 N–H and O–H groups in total. The number of ketones is 1. The SMILES string of the molecule is C[C@H]1CN([C@@H]2CC[C@@](C(=O)C3NCc4cc(C(F)(F)F)ccc4C3F)(C3CC3)OC2)CCN1c1ccc(F)c(C(=O)O)c1. The highest BCUT2D eigenvalue weighted by atomic mass is 19.4. The number of carboxylic acid groups (broad SMARTS) is 1. The van der Waals surface area contributed by atoms with E-state index in [1.165, 1.54) is 12.1 Å². The van der Waals surface area contributed by atoms with E-state index in [0.717, 1.165) is 31.0 Å². The van der Waals surface area contributed by atoms with Crippen LogP contribution < -0.4 is 10.2 Å². The number of carboxylic acids is 1. The lowest BCUT2D eigenvalue weighted by Gasteiger charge is -2.48. The highest BCUT2D eigenvalue weighted by molar-refractivity contribution is 5.94. The van der Waals surface area contributed by atoms with Crippen LogP contribution in [0.4, 0.5) is 27.6 Å². The van der Waals surface area contributed by atoms with Crippen LogP contribution in [0.2, 0.25) is 0 Å². The Kier molecular flexibility index (Phi) is 7.75. The Morgan fingerprint density at radius 1 is 1.09 bits per heavy atom. The Bertz CT molecular complexity index is 1410. The van der Waals surface area contributed by atoms with Gasteiger partial charge in [-0.1, -0.05) is 6.07 Å². The predicted molar refractivity (Wildman–Crippen MR) is 147 cm³/mol. The molecule has 0 spiro atoms. The second-order valence-corrected chi connectivity index (χ2v) is 12.2. The van der Waals surface area contributed by atoms with Crippen molar-refractivity contribution in [2.75, 3.05) is 31.1 Å². The number of fused-ring (bicyclic) bond motifs is 1. The molecule has 6 rings (SSSR count). The molecule has 2 aromatic rings. The number of nitrogens with zero attached hydrogens (tertiary/aromatic N) is 2. The van der Waals surface area contributed by atoms with Crippen molar-refractivity contribution in [3.05, 3.63) is 64.5 Å². The molecule has 7 nitrogen and oxygen atoms in total. The predicted octanol–water partition coefficient (Wildman–Crippen LogP) is 5.13. The van der Waals surface area contributed by atoms with E-state index in [-0.39, 0.29) is 47.0 Å². The van der Waals surface area contributed by atoms with Gasteiger partial charge >= 0.3 is 12.1 Å². The first-order chi connectivity index (χ1) is 20.4. The molecule has 3 heterocycles. The molecule has 2 aromatic carbocycles. The van der Waals surface area contributed by atoms with Gasteiger partial charge in [0.2, 0.25) is 0 Å². The summed E-state index contributed by atoms with van der Waals surface area (Å²) in [6, 6.07) is 5.89. The molecule has 3 aliphatic heterocycles. The van der Waals surface area contributed by atoms with Gasteiger partial charge in [0.15, 0.2) is 5.78 Å². The Balaban J connectivity index is 1.11. The molecule has 43 heavy (non-hydrogen) atoms. The minimum absolute atomic E-state index is 0.00858. The highest BCUT2D eigenvalue weighted by Gasteiger charge is 2.57. The minimum atomic E-state index is -4.54. The number of Topliss-reactive ketones (excluding diaryl/α,β-unsaturated/α-hetero) is 1. The van der Waals surface area contributed by atoms with E-state index in [1.807, 2.05) is 6.92 Å². The van der Waals surface area contributed by atoms with Gasteiger partial charge in [-0.2, -0.15) is 13.2 Å². The second kappa shape index (κ2) is 11.1. The van der Waals surface area contributed by atoms with Crippen molar-refractivity contribution in [2.45, 2.75) is 75.2 Å². The maximum atomic E-state index is 15.7. The van der Waals surface area contributed by atoms with Gasteiger partial charge in [-0.05, 0) is 80.0 Å². The highest BCUT2D eigenvalue weighted by Crippen LogP contribution is 2.49. The van der Waals surface area contributed by atoms with Crippen molar-refractivity contribution in [3.63, 3.8) is 0 Å². The summed E-state index contributed by atoms with van der Waals surface area (Å²) in [6.07, 6.45) is -3.61. The summed E-state index contributed by atoms with van der Waals surface area (Å²) >= 11 is 0. The Labute approximate surface area is 246 Å². The van der Waals surface area contributed by atoms with Gasteiger partial charge in [0.1, 0.15) is 23.6 Å². The molecule has 2 unspecified atom stereocenters. The standard InChI is InChI=1S/C31H34F5N3O4/c1-17-15-38(10-11-39(17)21-5-7-25(32)24(13-21)29(41)42)22-8-9-30(43-16-22,19-2-3-19)28(40)27-26(33)23-6-4-20(31(34,35)36)12-18(23)14-37-27/h4-7,12-13,17,19,22,26-27,37H,2-3,8-11,14-16H2,1H3,(H,41,42)/t17-,22+,26?,27?,30-/m0/s1. The summed E-state index contributed by atoms with van der Waals surface area (Å²) in [5, 5.41) is 12.2. The molecule has 12 heteroatoms. The van der Waals surface area contributed by atoms with Gasteiger partial charge in [-0.15, -0.1) is 0 Å². The van der Waals surface area contributed by atoms with Crippen molar-refractivity contribution >= 4 is 17.4 Å². The topological polar surface area (TPSA) is 82.1 Å². The van der Waals surface area contributed by atoms with Crippen LogP contribution in [0.3, 0.4) is 0 Å². The molecule has 0 bridgehead atoms. The number of carbonyl (C=O) groups excluding carboxylic acids is 1. The third kappa shape index (κ3) is 5.53. The average molecular weight is 608 g/mol. The number of ether oxygens (including phenoxy) is 1. The number of benzene rings is 2. The first kappa shape index (κ1) is 30.0. The summed E-state index contributed by atoms with van der Waals surface area (Å²) in [7, 11) is 0. The largest absolute Gasteiger partial charge is 0.478 e. The molecule has 5 atom stereocenters. The maximum Gasteiger partial charge on any atom is 0.416 e. The lowest BCUT2D eigenvalue weighted by molar-refractivity contribution is -0.167. The minimum Gasteiger partial charge on any atom is -0.478 e. The van der Waals surface area contributed by atoms with Crippen LogP contribution in [0.1, 0.15) is 65.8 Å². The van der Waals surface area contributed by atoms with E-state index < -0.39 is 41.3 Å². The monoisotopic (exact) mass is 607 g/mol. The van der Waals surface area contributed by atoms with E-state index in [0.29, 0.717) is 44.8 Å². The zero-order valence-electron chi connectivity index (χ0n) is 23.7. The third-order valence-corrected chi connectivity index (χ3v) is 9.58. The number of nitrogens with one attached hydrogen (secondary N) is 1. The smallest absolute Gasteiger partial charge is 0.416 e. The molecular weight excluding hydrogens is 573 g/mol. The average Bonchev–Trinajstić information content (AvgIpc) is 3.83. The fourth-order valence-corrected chi connectivity index (χ4v) is 7.09. The quantitative estimate of drug-likeness (QED) is 0.441. The van der Waals surface area contributed by atoms with Gasteiger partial charge < -0.3 is 20.1 Å². The molecule has 0 radical (unpaired) electrons. The number of halogens is 5. The van der Waals surface area contributed by atoms with Crippen molar-refractivity contribution in [1.29, 1.82) is 0 Å². The van der Waals surface area contributed by atoms with Crippen LogP contribution in [0.5, 0.6) is 0 Å². The zero-order chi connectivity index (χ0) is 30.7. The van der Waals surface area contributed by atoms with Crippen LogP contribution in [-0.4, -0.2) is 71.7 Å². The van der Waals surface area contributed by atoms with Crippen molar-refractivity contribution in [3.8, 4) is 0 Å². The Hall–Kier alpha value is -3.09. The molecule has 0 aromatic heterocycles. The third-order valence-electron chi connectivity index (χ3n) is 9.58. The lowest BCUT2D eigenvalue weighted by Crippen LogP contribution is -2.62. The van der Waals surface area contributed by atoms with E-state index in [4.69, 9.17) is 4.74 Å². The molecule has 0 amide bonds. The van der Waals surface area contributed by atoms with E-state index in [9.17, 15) is 32.3 Å². The fourth-order valence-electron chi connectivity index (χ4n) is 7.09. The zero-order valence-corrected chi connectivity index (χ0v) is 23.7. The van der Waals surface area contributed by atoms with Gasteiger partial charge in [0, 0.05) is 44.0 Å². The molecule has 1 saturated carbocycles. The maximum absolute atomic E-state index is 15.7. The number of anilines is 1. The molecule has 1 aliphatic carbocycles. The van der Waals surface area contributed by atoms with Crippen LogP contribution in [0.15, 0.2) is 36.4 Å². The number of hydrogen-bond donors (Lipinski definition) is 2. The molecule has 2 saturated heterocycles. The second-order valence-electron chi connectivity index (χ2n) is 12.2. The van der Waals surface area contributed by atoms with Crippen LogP contribution in [0, 0.1) is 11.7 Å². The number of aromatic carboxylic acids is 1. The van der Waals surface area contributed by atoms with Crippen molar-refractivity contribution in [1.82, 2.24) is 10.2 Å². The summed E-state index contributed by atoms with van der Waals surface area (Å²) in [5.41, 5.74) is -1.40. The number of hydrogen-bond acceptors (Lipinski definition) is 6. The summed E-state index contributed by atoms with van der Waals surface area (Å²) < 4.78 is 75.5. The first-order valence-electron chi connectivity index (χ1n) is 14.7. The summed E-state index contributed by atoms with van der Waals surface area (Å²) in [5.74, 6) is -2.48. The van der Waals surface area contributed by atoms with Gasteiger partial charge in [-0.25, -0.2) is 13.6 Å². The molecule has 4 aliphatic rings. The molecule has 232 valence electrons. The van der Waals surface area contributed by atoms with E-state index in [1.54, 1.807) is 6.07 Å². The van der Waals surface area contributed by atoms with E-state index >= 15 is 4.39 Å². The van der Waals surface area contributed by atoms with Crippen LogP contribution in [-0.2, 0) is 22.3 Å².